The molecule has 0 aromatic heterocycles. The summed E-state index contributed by atoms with van der Waals surface area (Å²) in [4.78, 5) is 0. The average Bonchev–Trinajstić information content (AvgIpc) is 2.93. The molecule has 0 N–H and O–H groups in total. The predicted octanol–water partition coefficient (Wildman–Crippen LogP) is 6.21. The number of hydrogen-bond donors (Lipinski definition) is 0. The van der Waals surface area contributed by atoms with Gasteiger partial charge in [-0.05, 0) is 82.4 Å². The molecule has 3 unspecified atom stereocenters. The Morgan fingerprint density at radius 2 is 1.54 bits per heavy atom. The van der Waals surface area contributed by atoms with E-state index in [1.54, 1.807) is 20.8 Å². The third-order valence-corrected chi connectivity index (χ3v) is 9.11. The summed E-state index contributed by atoms with van der Waals surface area (Å²) in [6, 6.07) is 8.60. The lowest BCUT2D eigenvalue weighted by molar-refractivity contribution is 0.155. The highest BCUT2D eigenvalue weighted by molar-refractivity contribution is 7.92. The van der Waals surface area contributed by atoms with E-state index in [0.717, 1.165) is 50.2 Å². The van der Waals surface area contributed by atoms with Crippen LogP contribution < -0.4 is 4.74 Å². The first-order valence-corrected chi connectivity index (χ1v) is 12.7. The third kappa shape index (κ3) is 6.79. The normalized spacial score (nSPS) is 23.1. The number of benzene rings is 1. The van der Waals surface area contributed by atoms with Gasteiger partial charge in [0.1, 0.15) is 11.9 Å². The van der Waals surface area contributed by atoms with Crippen molar-refractivity contribution >= 4 is 9.84 Å². The van der Waals surface area contributed by atoms with E-state index in [0.29, 0.717) is 17.8 Å². The van der Waals surface area contributed by atoms with Crippen LogP contribution in [0.2, 0.25) is 0 Å². The van der Waals surface area contributed by atoms with Crippen molar-refractivity contribution in [3.8, 4) is 5.75 Å². The van der Waals surface area contributed by atoms with Gasteiger partial charge >= 0.3 is 0 Å². The highest BCUT2D eigenvalue weighted by atomic mass is 32.2. The standard InChI is InChI=1S/C24H40O3S/c1-19-12-17-23(20(19)2)27-22-15-13-21(14-16-22)11-9-7-6-8-10-18-28(25,26)24(3,4)5/h13-16,19-20,23H,6-12,17-18H2,1-5H3. The Balaban J connectivity index is 1.61. The average molecular weight is 409 g/mol. The largest absolute Gasteiger partial charge is 0.490 e. The molecule has 1 aromatic carbocycles. The summed E-state index contributed by atoms with van der Waals surface area (Å²) in [6.07, 6.45) is 9.09. The van der Waals surface area contributed by atoms with Gasteiger partial charge in [0.25, 0.3) is 0 Å². The molecule has 0 bridgehead atoms. The zero-order valence-corrected chi connectivity index (χ0v) is 19.4. The number of hydrogen-bond acceptors (Lipinski definition) is 3. The van der Waals surface area contributed by atoms with Crippen molar-refractivity contribution < 1.29 is 13.2 Å². The van der Waals surface area contributed by atoms with Gasteiger partial charge in [0.05, 0.1) is 10.5 Å². The van der Waals surface area contributed by atoms with E-state index >= 15 is 0 Å². The van der Waals surface area contributed by atoms with E-state index in [9.17, 15) is 8.42 Å². The van der Waals surface area contributed by atoms with Crippen LogP contribution in [-0.4, -0.2) is 25.0 Å². The van der Waals surface area contributed by atoms with Gasteiger partial charge in [-0.2, -0.15) is 0 Å². The summed E-state index contributed by atoms with van der Waals surface area (Å²) in [6.45, 7) is 9.98. The van der Waals surface area contributed by atoms with E-state index < -0.39 is 14.6 Å². The minimum absolute atomic E-state index is 0.316. The van der Waals surface area contributed by atoms with Crippen molar-refractivity contribution in [3.63, 3.8) is 0 Å². The second-order valence-corrected chi connectivity index (χ2v) is 12.5. The van der Waals surface area contributed by atoms with Crippen LogP contribution >= 0.6 is 0 Å². The fourth-order valence-corrected chi connectivity index (χ4v) is 5.05. The van der Waals surface area contributed by atoms with E-state index in [2.05, 4.69) is 38.1 Å². The Bertz CT molecular complexity index is 686. The van der Waals surface area contributed by atoms with Crippen LogP contribution in [-0.2, 0) is 16.3 Å². The molecule has 2 rings (SSSR count). The van der Waals surface area contributed by atoms with Crippen LogP contribution in [0, 0.1) is 11.8 Å². The van der Waals surface area contributed by atoms with Crippen molar-refractivity contribution in [1.82, 2.24) is 0 Å². The highest BCUT2D eigenvalue weighted by Gasteiger charge is 2.31. The van der Waals surface area contributed by atoms with Gasteiger partial charge in [0.2, 0.25) is 0 Å². The third-order valence-electron chi connectivity index (χ3n) is 6.41. The fraction of sp³-hybridized carbons (Fsp3) is 0.750. The SMILES string of the molecule is CC1CCC(Oc2ccc(CCCCCCCS(=O)(=O)C(C)(C)C)cc2)C1C. The molecule has 1 fully saturated rings. The number of rotatable bonds is 10. The van der Waals surface area contributed by atoms with Crippen LogP contribution in [0.25, 0.3) is 0 Å². The topological polar surface area (TPSA) is 43.4 Å². The molecule has 0 aliphatic heterocycles. The van der Waals surface area contributed by atoms with E-state index in [-0.39, 0.29) is 0 Å². The second kappa shape index (κ2) is 10.1. The van der Waals surface area contributed by atoms with E-state index in [4.69, 9.17) is 4.74 Å². The first-order chi connectivity index (χ1) is 13.1. The highest BCUT2D eigenvalue weighted by Crippen LogP contribution is 2.34. The number of aryl methyl sites for hydroxylation is 1. The maximum absolute atomic E-state index is 12.1. The smallest absolute Gasteiger partial charge is 0.155 e. The van der Waals surface area contributed by atoms with Crippen molar-refractivity contribution in [1.29, 1.82) is 0 Å². The molecule has 1 aromatic rings. The van der Waals surface area contributed by atoms with Gasteiger partial charge in [0, 0.05) is 0 Å². The molecule has 3 atom stereocenters. The van der Waals surface area contributed by atoms with Crippen LogP contribution in [0.3, 0.4) is 0 Å². The summed E-state index contributed by atoms with van der Waals surface area (Å²) in [5, 5.41) is 0. The van der Waals surface area contributed by atoms with Crippen LogP contribution in [0.5, 0.6) is 5.75 Å². The summed E-state index contributed by atoms with van der Waals surface area (Å²) in [5.74, 6) is 2.71. The Hall–Kier alpha value is -1.03. The maximum atomic E-state index is 12.1. The van der Waals surface area contributed by atoms with Gasteiger partial charge in [0.15, 0.2) is 9.84 Å². The number of ether oxygens (including phenoxy) is 1. The predicted molar refractivity (Wildman–Crippen MR) is 119 cm³/mol. The quantitative estimate of drug-likeness (QED) is 0.432. The molecular formula is C24H40O3S. The molecule has 0 heterocycles. The first-order valence-electron chi connectivity index (χ1n) is 11.1. The minimum atomic E-state index is -2.96. The lowest BCUT2D eigenvalue weighted by Gasteiger charge is -2.20. The summed E-state index contributed by atoms with van der Waals surface area (Å²) >= 11 is 0. The van der Waals surface area contributed by atoms with Gasteiger partial charge in [-0.25, -0.2) is 8.42 Å². The molecule has 0 radical (unpaired) electrons. The lowest BCUT2D eigenvalue weighted by Crippen LogP contribution is -2.30. The fourth-order valence-electron chi connectivity index (χ4n) is 3.85. The van der Waals surface area contributed by atoms with Gasteiger partial charge in [-0.1, -0.05) is 45.2 Å². The molecule has 1 saturated carbocycles. The molecule has 0 spiro atoms. The van der Waals surface area contributed by atoms with Crippen molar-refractivity contribution in [2.45, 2.75) is 96.8 Å². The summed E-state index contributed by atoms with van der Waals surface area (Å²) in [7, 11) is -2.96. The monoisotopic (exact) mass is 408 g/mol. The van der Waals surface area contributed by atoms with E-state index in [1.165, 1.54) is 18.4 Å². The van der Waals surface area contributed by atoms with Gasteiger partial charge in [-0.15, -0.1) is 0 Å². The second-order valence-electron chi connectivity index (χ2n) is 9.66. The lowest BCUT2D eigenvalue weighted by atomic mass is 9.99. The number of sulfone groups is 1. The Morgan fingerprint density at radius 1 is 0.929 bits per heavy atom. The van der Waals surface area contributed by atoms with Gasteiger partial charge in [-0.3, -0.25) is 0 Å². The number of unbranched alkanes of at least 4 members (excludes halogenated alkanes) is 4. The summed E-state index contributed by atoms with van der Waals surface area (Å²) < 4.78 is 29.7. The summed E-state index contributed by atoms with van der Waals surface area (Å²) in [5.41, 5.74) is 1.36. The van der Waals surface area contributed by atoms with Crippen LogP contribution in [0.4, 0.5) is 0 Å². The maximum Gasteiger partial charge on any atom is 0.155 e. The first kappa shape index (κ1) is 23.3. The molecule has 28 heavy (non-hydrogen) atoms. The van der Waals surface area contributed by atoms with Crippen molar-refractivity contribution in [2.24, 2.45) is 11.8 Å². The Morgan fingerprint density at radius 3 is 2.11 bits per heavy atom. The van der Waals surface area contributed by atoms with Crippen molar-refractivity contribution in [2.75, 3.05) is 5.75 Å². The molecule has 1 aliphatic carbocycles. The Kier molecular flexibility index (Phi) is 8.42. The molecule has 4 heteroatoms. The molecule has 0 saturated heterocycles. The van der Waals surface area contributed by atoms with Crippen LogP contribution in [0.1, 0.15) is 85.1 Å². The zero-order valence-electron chi connectivity index (χ0n) is 18.5. The molecule has 3 nitrogen and oxygen atoms in total. The molecular weight excluding hydrogens is 368 g/mol. The molecule has 0 amide bonds. The van der Waals surface area contributed by atoms with Gasteiger partial charge < -0.3 is 4.74 Å². The molecule has 160 valence electrons. The zero-order chi connectivity index (χ0) is 20.8. The van der Waals surface area contributed by atoms with Crippen LogP contribution in [0.15, 0.2) is 24.3 Å². The Labute approximate surface area is 173 Å². The molecule has 1 aliphatic rings. The minimum Gasteiger partial charge on any atom is -0.490 e. The van der Waals surface area contributed by atoms with E-state index in [1.807, 2.05) is 0 Å². The van der Waals surface area contributed by atoms with Crippen molar-refractivity contribution in [3.05, 3.63) is 29.8 Å².